The minimum Gasteiger partial charge on any atom is -0.355 e. The highest BCUT2D eigenvalue weighted by Crippen LogP contribution is 2.30. The molecule has 8 nitrogen and oxygen atoms in total. The van der Waals surface area contributed by atoms with Crippen molar-refractivity contribution in [2.45, 2.75) is 50.7 Å². The van der Waals surface area contributed by atoms with Crippen molar-refractivity contribution in [2.75, 3.05) is 19.6 Å². The van der Waals surface area contributed by atoms with Gasteiger partial charge >= 0.3 is 0 Å². The Kier molecular flexibility index (Phi) is 5.45. The fourth-order valence-electron chi connectivity index (χ4n) is 4.90. The minimum absolute atomic E-state index is 0.00795. The second-order valence-corrected chi connectivity index (χ2v) is 9.15. The molecule has 4 aliphatic heterocycles. The Hall–Kier alpha value is -2.42. The number of pyridine rings is 1. The molecule has 5 rings (SSSR count). The van der Waals surface area contributed by atoms with Crippen molar-refractivity contribution in [3.8, 4) is 0 Å². The highest BCUT2D eigenvalue weighted by atomic mass is 35.5. The van der Waals surface area contributed by atoms with Crippen molar-refractivity contribution >= 4 is 23.3 Å². The molecular weight excluding hydrogens is 414 g/mol. The largest absolute Gasteiger partial charge is 0.355 e. The molecule has 3 atom stereocenters. The van der Waals surface area contributed by atoms with Crippen molar-refractivity contribution in [1.29, 1.82) is 0 Å². The van der Waals surface area contributed by atoms with E-state index in [0.717, 1.165) is 56.0 Å². The van der Waals surface area contributed by atoms with E-state index < -0.39 is 0 Å². The maximum atomic E-state index is 13.2. The first-order valence-corrected chi connectivity index (χ1v) is 11.3. The van der Waals surface area contributed by atoms with Gasteiger partial charge in [-0.25, -0.2) is 10.4 Å². The number of aromatic nitrogens is 1. The number of nitrogens with zero attached hydrogens (tertiary/aromatic N) is 5. The minimum atomic E-state index is -0.0701. The number of halogens is 1. The number of aliphatic imine (C=N–C) groups is 1. The van der Waals surface area contributed by atoms with Crippen molar-refractivity contribution in [2.24, 2.45) is 10.7 Å². The van der Waals surface area contributed by atoms with Gasteiger partial charge in [-0.05, 0) is 50.8 Å². The molecule has 3 N–H and O–H groups in total. The van der Waals surface area contributed by atoms with E-state index in [2.05, 4.69) is 34.5 Å². The van der Waals surface area contributed by atoms with Crippen molar-refractivity contribution in [3.63, 3.8) is 0 Å². The first kappa shape index (κ1) is 20.5. The van der Waals surface area contributed by atoms with Gasteiger partial charge in [0.15, 0.2) is 0 Å². The second kappa shape index (κ2) is 8.26. The molecule has 4 aliphatic rings. The van der Waals surface area contributed by atoms with Gasteiger partial charge in [0, 0.05) is 48.7 Å². The van der Waals surface area contributed by atoms with Crippen LogP contribution in [0.5, 0.6) is 0 Å². The number of fused-ring (bicyclic) bond motifs is 1. The molecule has 2 saturated heterocycles. The normalized spacial score (nSPS) is 28.3. The lowest BCUT2D eigenvalue weighted by molar-refractivity contribution is 0.0555. The van der Waals surface area contributed by atoms with Crippen LogP contribution in [0.3, 0.4) is 0 Å². The molecule has 1 aromatic rings. The standard InChI is InChI=1S/C22H28ClN7O/c1-14-12-30-20(26-21(14)28-9-6-16(24)13-28)11-17(27-30)19-4-2-3-8-29(19)22(31)18-10-15(23)5-7-25-18/h5,7,10-12,16-17,19,27H,2-4,6,8-9,13,24H2,1H3/t16-,17?,19?/m0/s1. The van der Waals surface area contributed by atoms with Crippen LogP contribution < -0.4 is 11.2 Å². The molecule has 2 unspecified atom stereocenters. The van der Waals surface area contributed by atoms with Crippen LogP contribution in [0, 0.1) is 0 Å². The van der Waals surface area contributed by atoms with Gasteiger partial charge < -0.3 is 15.5 Å². The van der Waals surface area contributed by atoms with Gasteiger partial charge in [-0.2, -0.15) is 0 Å². The van der Waals surface area contributed by atoms with Crippen LogP contribution in [0.4, 0.5) is 0 Å². The van der Waals surface area contributed by atoms with Crippen molar-refractivity contribution in [1.82, 2.24) is 25.2 Å². The van der Waals surface area contributed by atoms with E-state index in [9.17, 15) is 4.79 Å². The van der Waals surface area contributed by atoms with E-state index >= 15 is 0 Å². The summed E-state index contributed by atoms with van der Waals surface area (Å²) < 4.78 is 0. The SMILES string of the molecule is CC1=CN2NC(C3CCCCN3C(=O)c3cc(Cl)ccn3)C=C2N=C1N1CC[C@H](N)C1. The quantitative estimate of drug-likeness (QED) is 0.730. The zero-order chi connectivity index (χ0) is 21.5. The Bertz CT molecular complexity index is 974. The molecule has 0 radical (unpaired) electrons. The number of hydrogen-bond acceptors (Lipinski definition) is 7. The Labute approximate surface area is 187 Å². The number of nitrogens with two attached hydrogens (primary N) is 1. The van der Waals surface area contributed by atoms with E-state index in [1.54, 1.807) is 18.3 Å². The van der Waals surface area contributed by atoms with Gasteiger partial charge in [-0.15, -0.1) is 0 Å². The predicted molar refractivity (Wildman–Crippen MR) is 120 cm³/mol. The van der Waals surface area contributed by atoms with E-state index in [-0.39, 0.29) is 24.0 Å². The van der Waals surface area contributed by atoms with Crippen molar-refractivity contribution in [3.05, 3.63) is 52.7 Å². The highest BCUT2D eigenvalue weighted by molar-refractivity contribution is 6.30. The average molecular weight is 442 g/mol. The summed E-state index contributed by atoms with van der Waals surface area (Å²) in [5.41, 5.74) is 11.1. The van der Waals surface area contributed by atoms with E-state index in [0.29, 0.717) is 17.3 Å². The maximum absolute atomic E-state index is 13.2. The van der Waals surface area contributed by atoms with Gasteiger partial charge in [0.1, 0.15) is 17.4 Å². The molecule has 31 heavy (non-hydrogen) atoms. The van der Waals surface area contributed by atoms with Crippen molar-refractivity contribution < 1.29 is 4.79 Å². The van der Waals surface area contributed by atoms with Crippen LogP contribution in [0.1, 0.15) is 43.1 Å². The Morgan fingerprint density at radius 1 is 1.29 bits per heavy atom. The molecule has 1 aromatic heterocycles. The molecule has 0 bridgehead atoms. The number of nitrogens with one attached hydrogen (secondary N) is 1. The number of carbonyl (C=O) groups excluding carboxylic acids is 1. The lowest BCUT2D eigenvalue weighted by atomic mass is 9.95. The summed E-state index contributed by atoms with van der Waals surface area (Å²) in [6.07, 6.45) is 9.82. The molecular formula is C22H28ClN7O. The zero-order valence-electron chi connectivity index (χ0n) is 17.7. The van der Waals surface area contributed by atoms with Crippen LogP contribution in [-0.2, 0) is 0 Å². The third-order valence-electron chi connectivity index (χ3n) is 6.45. The third kappa shape index (κ3) is 3.95. The molecule has 0 saturated carbocycles. The molecule has 0 aromatic carbocycles. The summed E-state index contributed by atoms with van der Waals surface area (Å²) in [5.74, 6) is 1.81. The Balaban J connectivity index is 1.38. The van der Waals surface area contributed by atoms with E-state index in [4.69, 9.17) is 22.3 Å². The van der Waals surface area contributed by atoms with Gasteiger partial charge in [0.05, 0.1) is 12.1 Å². The van der Waals surface area contributed by atoms with E-state index in [1.165, 1.54) is 0 Å². The first-order chi connectivity index (χ1) is 15.0. The smallest absolute Gasteiger partial charge is 0.272 e. The number of hydrogen-bond donors (Lipinski definition) is 2. The average Bonchev–Trinajstić information content (AvgIpc) is 3.38. The molecule has 2 fully saturated rings. The lowest BCUT2D eigenvalue weighted by Crippen LogP contribution is -2.54. The maximum Gasteiger partial charge on any atom is 0.272 e. The van der Waals surface area contributed by atoms with Gasteiger partial charge in [0.25, 0.3) is 5.91 Å². The van der Waals surface area contributed by atoms with Crippen LogP contribution in [0.25, 0.3) is 0 Å². The number of carbonyl (C=O) groups is 1. The number of amidine groups is 1. The zero-order valence-corrected chi connectivity index (χ0v) is 18.4. The molecule has 0 aliphatic carbocycles. The monoisotopic (exact) mass is 441 g/mol. The molecule has 164 valence electrons. The van der Waals surface area contributed by atoms with Crippen LogP contribution >= 0.6 is 11.6 Å². The summed E-state index contributed by atoms with van der Waals surface area (Å²) >= 11 is 6.09. The predicted octanol–water partition coefficient (Wildman–Crippen LogP) is 2.11. The molecule has 0 spiro atoms. The summed E-state index contributed by atoms with van der Waals surface area (Å²) in [5, 5.41) is 2.50. The molecule has 9 heteroatoms. The number of piperidine rings is 1. The summed E-state index contributed by atoms with van der Waals surface area (Å²) in [4.78, 5) is 26.6. The van der Waals surface area contributed by atoms with Gasteiger partial charge in [-0.3, -0.25) is 14.8 Å². The molecule has 5 heterocycles. The van der Waals surface area contributed by atoms with Gasteiger partial charge in [-0.1, -0.05) is 11.6 Å². The Morgan fingerprint density at radius 3 is 2.94 bits per heavy atom. The topological polar surface area (TPSA) is 90.1 Å². The summed E-state index contributed by atoms with van der Waals surface area (Å²) in [6.45, 7) is 4.57. The number of amides is 1. The summed E-state index contributed by atoms with van der Waals surface area (Å²) in [6, 6.07) is 3.56. The highest BCUT2D eigenvalue weighted by Gasteiger charge is 2.38. The molecule has 1 amide bonds. The second-order valence-electron chi connectivity index (χ2n) is 8.71. The van der Waals surface area contributed by atoms with E-state index in [1.807, 2.05) is 9.91 Å². The number of rotatable bonds is 2. The third-order valence-corrected chi connectivity index (χ3v) is 6.68. The summed E-state index contributed by atoms with van der Waals surface area (Å²) in [7, 11) is 0. The van der Waals surface area contributed by atoms with Gasteiger partial charge in [0.2, 0.25) is 0 Å². The Morgan fingerprint density at radius 2 is 2.16 bits per heavy atom. The fourth-order valence-corrected chi connectivity index (χ4v) is 5.06. The number of hydrazine groups is 1. The lowest BCUT2D eigenvalue weighted by Gasteiger charge is -2.39. The first-order valence-electron chi connectivity index (χ1n) is 11.0. The fraction of sp³-hybridized carbons (Fsp3) is 0.500. The number of likely N-dealkylation sites (tertiary alicyclic amines) is 2. The van der Waals surface area contributed by atoms with Crippen LogP contribution in [0.2, 0.25) is 5.02 Å². The van der Waals surface area contributed by atoms with Crippen LogP contribution in [-0.4, -0.2) is 69.3 Å². The van der Waals surface area contributed by atoms with Crippen LogP contribution in [0.15, 0.2) is 47.0 Å².